The van der Waals surface area contributed by atoms with Crippen LogP contribution in [-0.4, -0.2) is 45.7 Å². The lowest BCUT2D eigenvalue weighted by Gasteiger charge is -2.25. The van der Waals surface area contributed by atoms with E-state index in [1.54, 1.807) is 6.20 Å². The fraction of sp³-hybridized carbons (Fsp3) is 0.393. The lowest BCUT2D eigenvalue weighted by atomic mass is 9.92. The van der Waals surface area contributed by atoms with Crippen molar-refractivity contribution in [3.8, 4) is 11.3 Å². The third kappa shape index (κ3) is 5.53. The van der Waals surface area contributed by atoms with Crippen LogP contribution in [0, 0.1) is 5.41 Å². The Bertz CT molecular complexity index is 1350. The van der Waals surface area contributed by atoms with Gasteiger partial charge in [-0.3, -0.25) is 14.9 Å². The summed E-state index contributed by atoms with van der Waals surface area (Å²) in [6.07, 6.45) is 6.77. The highest BCUT2D eigenvalue weighted by atomic mass is 16.1. The SMILES string of the molecule is CN(CCC(C)(C)C)c1ccc2c(C(=O)NC3CC3)c(NCc3cccc(-c4cn[nH]c4)n3)[nH]c2c1. The minimum Gasteiger partial charge on any atom is -0.375 e. The maximum absolute atomic E-state index is 13.2. The lowest BCUT2D eigenvalue weighted by Crippen LogP contribution is -2.26. The second kappa shape index (κ2) is 9.68. The van der Waals surface area contributed by atoms with Gasteiger partial charge < -0.3 is 20.5 Å². The second-order valence-corrected chi connectivity index (χ2v) is 10.9. The number of pyridine rings is 1. The molecule has 0 aliphatic heterocycles. The Hall–Kier alpha value is -3.81. The van der Waals surface area contributed by atoms with Gasteiger partial charge in [-0.25, -0.2) is 0 Å². The first kappa shape index (κ1) is 23.9. The number of aromatic amines is 2. The maximum atomic E-state index is 13.2. The first-order valence-electron chi connectivity index (χ1n) is 12.6. The molecule has 0 saturated heterocycles. The van der Waals surface area contributed by atoms with Gasteiger partial charge in [0.1, 0.15) is 5.82 Å². The number of anilines is 2. The zero-order valence-corrected chi connectivity index (χ0v) is 21.5. The summed E-state index contributed by atoms with van der Waals surface area (Å²) >= 11 is 0. The average molecular weight is 486 g/mol. The molecule has 36 heavy (non-hydrogen) atoms. The van der Waals surface area contributed by atoms with Gasteiger partial charge in [-0.05, 0) is 55.0 Å². The van der Waals surface area contributed by atoms with Gasteiger partial charge in [0.25, 0.3) is 5.91 Å². The van der Waals surface area contributed by atoms with Crippen LogP contribution >= 0.6 is 0 Å². The van der Waals surface area contributed by atoms with E-state index in [1.165, 1.54) is 0 Å². The van der Waals surface area contributed by atoms with E-state index in [-0.39, 0.29) is 17.4 Å². The van der Waals surface area contributed by atoms with Crippen molar-refractivity contribution in [2.24, 2.45) is 5.41 Å². The smallest absolute Gasteiger partial charge is 0.255 e. The summed E-state index contributed by atoms with van der Waals surface area (Å²) in [4.78, 5) is 23.7. The van der Waals surface area contributed by atoms with Crippen LogP contribution in [0.25, 0.3) is 22.2 Å². The molecule has 4 N–H and O–H groups in total. The van der Waals surface area contributed by atoms with Crippen LogP contribution < -0.4 is 15.5 Å². The van der Waals surface area contributed by atoms with Gasteiger partial charge in [0.15, 0.2) is 0 Å². The van der Waals surface area contributed by atoms with Gasteiger partial charge in [0, 0.05) is 48.0 Å². The number of hydrogen-bond acceptors (Lipinski definition) is 5. The molecule has 1 fully saturated rings. The summed E-state index contributed by atoms with van der Waals surface area (Å²) in [5.41, 5.74) is 5.68. The van der Waals surface area contributed by atoms with Crippen molar-refractivity contribution < 1.29 is 4.79 Å². The van der Waals surface area contributed by atoms with Crippen LogP contribution in [0.2, 0.25) is 0 Å². The number of amides is 1. The van der Waals surface area contributed by atoms with E-state index in [0.717, 1.165) is 59.3 Å². The van der Waals surface area contributed by atoms with Crippen molar-refractivity contribution in [1.82, 2.24) is 25.5 Å². The zero-order valence-electron chi connectivity index (χ0n) is 21.5. The minimum absolute atomic E-state index is 0.0415. The Kier molecular flexibility index (Phi) is 6.43. The Morgan fingerprint density at radius 3 is 2.75 bits per heavy atom. The molecule has 3 heterocycles. The molecule has 1 amide bonds. The number of fused-ring (bicyclic) bond motifs is 1. The molecule has 1 aliphatic carbocycles. The first-order valence-corrected chi connectivity index (χ1v) is 12.6. The predicted octanol–water partition coefficient (Wildman–Crippen LogP) is 5.33. The first-order chi connectivity index (χ1) is 17.3. The summed E-state index contributed by atoms with van der Waals surface area (Å²) in [6.45, 7) is 8.24. The molecule has 5 rings (SSSR count). The molecule has 1 aromatic carbocycles. The summed E-state index contributed by atoms with van der Waals surface area (Å²) in [5, 5.41) is 14.4. The van der Waals surface area contributed by atoms with Gasteiger partial charge in [-0.15, -0.1) is 0 Å². The van der Waals surface area contributed by atoms with Crippen molar-refractivity contribution in [3.05, 3.63) is 60.0 Å². The molecule has 0 bridgehead atoms. The summed E-state index contributed by atoms with van der Waals surface area (Å²) in [5.74, 6) is 0.674. The molecule has 0 radical (unpaired) electrons. The van der Waals surface area contributed by atoms with Crippen LogP contribution in [0.5, 0.6) is 0 Å². The number of hydrogen-bond donors (Lipinski definition) is 4. The average Bonchev–Trinajstić information content (AvgIpc) is 3.35. The largest absolute Gasteiger partial charge is 0.375 e. The van der Waals surface area contributed by atoms with E-state index in [9.17, 15) is 4.79 Å². The molecule has 1 saturated carbocycles. The van der Waals surface area contributed by atoms with Crippen molar-refractivity contribution in [2.75, 3.05) is 23.8 Å². The highest BCUT2D eigenvalue weighted by Gasteiger charge is 2.27. The van der Waals surface area contributed by atoms with Crippen LogP contribution in [0.3, 0.4) is 0 Å². The molecule has 0 atom stereocenters. The highest BCUT2D eigenvalue weighted by Crippen LogP contribution is 2.32. The Labute approximate surface area is 211 Å². The second-order valence-electron chi connectivity index (χ2n) is 10.9. The molecular weight excluding hydrogens is 450 g/mol. The number of aromatic nitrogens is 4. The van der Waals surface area contributed by atoms with Crippen molar-refractivity contribution in [1.29, 1.82) is 0 Å². The molecule has 4 aromatic rings. The van der Waals surface area contributed by atoms with Crippen LogP contribution in [0.15, 0.2) is 48.8 Å². The molecule has 1 aliphatic rings. The van der Waals surface area contributed by atoms with Gasteiger partial charge >= 0.3 is 0 Å². The van der Waals surface area contributed by atoms with Crippen molar-refractivity contribution in [3.63, 3.8) is 0 Å². The van der Waals surface area contributed by atoms with Gasteiger partial charge in [-0.2, -0.15) is 5.10 Å². The Balaban J connectivity index is 1.41. The standard InChI is InChI=1S/C28H35N7O/c1-28(2,3)12-13-35(4)21-10-11-22-24(14-21)34-26(25(22)27(36)33-19-8-9-19)29-17-20-6-5-7-23(32-20)18-15-30-31-16-18/h5-7,10-11,14-16,19,29,34H,8-9,12-13,17H2,1-4H3,(H,30,31)(H,33,36). The lowest BCUT2D eigenvalue weighted by molar-refractivity contribution is 0.0953. The molecule has 3 aromatic heterocycles. The number of nitrogens with zero attached hydrogens (tertiary/aromatic N) is 3. The molecule has 8 nitrogen and oxygen atoms in total. The van der Waals surface area contributed by atoms with Gasteiger partial charge in [0.05, 0.1) is 29.7 Å². The van der Waals surface area contributed by atoms with Crippen LogP contribution in [0.1, 0.15) is 56.1 Å². The van der Waals surface area contributed by atoms with E-state index >= 15 is 0 Å². The third-order valence-corrected chi connectivity index (χ3v) is 6.61. The normalized spacial score (nSPS) is 13.7. The van der Waals surface area contributed by atoms with E-state index in [2.05, 4.69) is 76.7 Å². The number of benzene rings is 1. The quantitative estimate of drug-likeness (QED) is 0.257. The topological polar surface area (TPSA) is 102 Å². The third-order valence-electron chi connectivity index (χ3n) is 6.61. The molecular formula is C28H35N7O. The van der Waals surface area contributed by atoms with E-state index in [4.69, 9.17) is 4.98 Å². The Morgan fingerprint density at radius 2 is 2.03 bits per heavy atom. The molecule has 0 spiro atoms. The van der Waals surface area contributed by atoms with Crippen LogP contribution in [-0.2, 0) is 6.54 Å². The maximum Gasteiger partial charge on any atom is 0.255 e. The number of H-pyrrole nitrogens is 2. The van der Waals surface area contributed by atoms with Gasteiger partial charge in [-0.1, -0.05) is 26.8 Å². The van der Waals surface area contributed by atoms with E-state index in [1.807, 2.05) is 24.4 Å². The van der Waals surface area contributed by atoms with Crippen molar-refractivity contribution in [2.45, 2.75) is 52.6 Å². The van der Waals surface area contributed by atoms with Crippen LogP contribution in [0.4, 0.5) is 11.5 Å². The number of rotatable bonds is 9. The van der Waals surface area contributed by atoms with Crippen molar-refractivity contribution >= 4 is 28.3 Å². The van der Waals surface area contributed by atoms with Gasteiger partial charge in [0.2, 0.25) is 0 Å². The number of nitrogens with one attached hydrogen (secondary N) is 4. The summed E-state index contributed by atoms with van der Waals surface area (Å²) in [6, 6.07) is 12.5. The van der Waals surface area contributed by atoms with E-state index < -0.39 is 0 Å². The summed E-state index contributed by atoms with van der Waals surface area (Å²) < 4.78 is 0. The Morgan fingerprint density at radius 1 is 1.19 bits per heavy atom. The molecule has 0 unspecified atom stereocenters. The number of carbonyl (C=O) groups is 1. The fourth-order valence-corrected chi connectivity index (χ4v) is 4.22. The van der Waals surface area contributed by atoms with E-state index in [0.29, 0.717) is 17.9 Å². The highest BCUT2D eigenvalue weighted by molar-refractivity contribution is 6.12. The number of carbonyl (C=O) groups excluding carboxylic acids is 1. The molecule has 188 valence electrons. The fourth-order valence-electron chi connectivity index (χ4n) is 4.22. The summed E-state index contributed by atoms with van der Waals surface area (Å²) in [7, 11) is 2.12. The molecule has 8 heteroatoms. The monoisotopic (exact) mass is 485 g/mol. The predicted molar refractivity (Wildman–Crippen MR) is 145 cm³/mol. The minimum atomic E-state index is -0.0415. The zero-order chi connectivity index (χ0) is 25.3.